The highest BCUT2D eigenvalue weighted by Gasteiger charge is 2.10. The Bertz CT molecular complexity index is 905. The summed E-state index contributed by atoms with van der Waals surface area (Å²) in [5.41, 5.74) is 6.23. The summed E-state index contributed by atoms with van der Waals surface area (Å²) in [5.74, 6) is 5.39. The van der Waals surface area contributed by atoms with E-state index >= 15 is 0 Å². The van der Waals surface area contributed by atoms with Crippen LogP contribution in [0.1, 0.15) is 53.8 Å². The number of aromatic nitrogens is 2. The lowest BCUT2D eigenvalue weighted by Gasteiger charge is -2.15. The van der Waals surface area contributed by atoms with Crippen molar-refractivity contribution in [2.24, 2.45) is 0 Å². The molecule has 0 saturated heterocycles. The summed E-state index contributed by atoms with van der Waals surface area (Å²) < 4.78 is 0. The van der Waals surface area contributed by atoms with Gasteiger partial charge in [-0.15, -0.1) is 5.10 Å². The summed E-state index contributed by atoms with van der Waals surface area (Å²) in [6.07, 6.45) is 7.19. The fourth-order valence-corrected chi connectivity index (χ4v) is 3.15. The topological polar surface area (TPSA) is 75.1 Å². The number of carbonyl (C=O) groups is 1. The molecule has 0 amide bonds. The molecule has 0 saturated carbocycles. The molecule has 27 heavy (non-hydrogen) atoms. The number of benzene rings is 1. The summed E-state index contributed by atoms with van der Waals surface area (Å²) in [6.45, 7) is 2.39. The number of aliphatic carboxylic acids is 1. The van der Waals surface area contributed by atoms with Crippen LogP contribution in [0.4, 0.5) is 0 Å². The van der Waals surface area contributed by atoms with Gasteiger partial charge in [0, 0.05) is 12.1 Å². The standard InChI is InChI=1S/C22H23N3O2/c1-16-17(8-5-9-21(16)18-6-3-2-4-7-18)10-11-19-12-13-20(25-24-19)14-23-15-22(26)27/h5-6,8-9,12-13,23H,2-4,7,14-15H2,1H3,(H,26,27). The Labute approximate surface area is 159 Å². The van der Waals surface area contributed by atoms with E-state index in [-0.39, 0.29) is 6.54 Å². The van der Waals surface area contributed by atoms with E-state index in [4.69, 9.17) is 5.11 Å². The predicted molar refractivity (Wildman–Crippen MR) is 105 cm³/mol. The maximum atomic E-state index is 10.5. The molecule has 1 aromatic carbocycles. The molecule has 0 aliphatic heterocycles. The molecule has 3 rings (SSSR count). The number of hydrogen-bond donors (Lipinski definition) is 2. The molecule has 0 radical (unpaired) electrons. The lowest BCUT2D eigenvalue weighted by molar-refractivity contribution is -0.136. The number of allylic oxidation sites excluding steroid dienone is 2. The first-order valence-electron chi connectivity index (χ1n) is 9.19. The van der Waals surface area contributed by atoms with E-state index < -0.39 is 5.97 Å². The van der Waals surface area contributed by atoms with E-state index in [9.17, 15) is 4.79 Å². The van der Waals surface area contributed by atoms with Gasteiger partial charge in [-0.25, -0.2) is 0 Å². The van der Waals surface area contributed by atoms with Crippen LogP contribution in [0.25, 0.3) is 5.57 Å². The molecule has 1 heterocycles. The van der Waals surface area contributed by atoms with Crippen molar-refractivity contribution in [2.45, 2.75) is 39.2 Å². The average molecular weight is 361 g/mol. The van der Waals surface area contributed by atoms with Gasteiger partial charge >= 0.3 is 5.97 Å². The highest BCUT2D eigenvalue weighted by molar-refractivity contribution is 5.71. The van der Waals surface area contributed by atoms with Gasteiger partial charge in [-0.1, -0.05) is 24.1 Å². The number of hydrogen-bond acceptors (Lipinski definition) is 4. The zero-order valence-electron chi connectivity index (χ0n) is 15.5. The van der Waals surface area contributed by atoms with E-state index in [0.717, 1.165) is 18.4 Å². The molecule has 138 valence electrons. The van der Waals surface area contributed by atoms with Crippen molar-refractivity contribution in [1.82, 2.24) is 15.5 Å². The minimum absolute atomic E-state index is 0.102. The number of carboxylic acids is 1. The van der Waals surface area contributed by atoms with Gasteiger partial charge in [0.05, 0.1) is 12.2 Å². The van der Waals surface area contributed by atoms with Gasteiger partial charge in [-0.2, -0.15) is 5.10 Å². The zero-order chi connectivity index (χ0) is 19.1. The third-order valence-corrected chi connectivity index (χ3v) is 4.60. The summed E-state index contributed by atoms with van der Waals surface area (Å²) in [6, 6.07) is 9.89. The smallest absolute Gasteiger partial charge is 0.317 e. The van der Waals surface area contributed by atoms with Crippen LogP contribution >= 0.6 is 0 Å². The van der Waals surface area contributed by atoms with E-state index in [2.05, 4.69) is 52.5 Å². The van der Waals surface area contributed by atoms with Gasteiger partial charge in [0.2, 0.25) is 0 Å². The first-order chi connectivity index (χ1) is 13.1. The largest absolute Gasteiger partial charge is 0.480 e. The first kappa shape index (κ1) is 18.8. The molecule has 1 aliphatic carbocycles. The third-order valence-electron chi connectivity index (χ3n) is 4.60. The summed E-state index contributed by atoms with van der Waals surface area (Å²) in [5, 5.41) is 19.6. The Balaban J connectivity index is 1.72. The van der Waals surface area contributed by atoms with Gasteiger partial charge in [0.25, 0.3) is 0 Å². The van der Waals surface area contributed by atoms with Crippen LogP contribution in [-0.4, -0.2) is 27.8 Å². The maximum Gasteiger partial charge on any atom is 0.317 e. The van der Waals surface area contributed by atoms with Crippen molar-refractivity contribution in [3.63, 3.8) is 0 Å². The molecule has 0 bridgehead atoms. The van der Waals surface area contributed by atoms with Crippen molar-refractivity contribution in [3.05, 3.63) is 64.5 Å². The van der Waals surface area contributed by atoms with Crippen molar-refractivity contribution in [3.8, 4) is 11.8 Å². The zero-order valence-corrected chi connectivity index (χ0v) is 15.5. The number of nitrogens with one attached hydrogen (secondary N) is 1. The molecular formula is C22H23N3O2. The van der Waals surface area contributed by atoms with Gasteiger partial charge in [-0.05, 0) is 73.4 Å². The molecule has 1 aromatic heterocycles. The molecule has 0 atom stereocenters. The Morgan fingerprint density at radius 3 is 2.78 bits per heavy atom. The van der Waals surface area contributed by atoms with Crippen LogP contribution in [0.2, 0.25) is 0 Å². The molecule has 0 fully saturated rings. The monoisotopic (exact) mass is 361 g/mol. The van der Waals surface area contributed by atoms with Crippen LogP contribution in [0.15, 0.2) is 36.4 Å². The van der Waals surface area contributed by atoms with Crippen LogP contribution in [0, 0.1) is 18.8 Å². The molecule has 5 nitrogen and oxygen atoms in total. The van der Waals surface area contributed by atoms with Crippen LogP contribution in [0.3, 0.4) is 0 Å². The maximum absolute atomic E-state index is 10.5. The van der Waals surface area contributed by atoms with E-state index in [1.54, 1.807) is 6.07 Å². The molecule has 1 aliphatic rings. The second-order valence-electron chi connectivity index (χ2n) is 6.61. The highest BCUT2D eigenvalue weighted by Crippen LogP contribution is 2.29. The number of nitrogens with zero attached hydrogens (tertiary/aromatic N) is 2. The fourth-order valence-electron chi connectivity index (χ4n) is 3.15. The Hall–Kier alpha value is -2.97. The van der Waals surface area contributed by atoms with Gasteiger partial charge in [-0.3, -0.25) is 4.79 Å². The molecule has 2 N–H and O–H groups in total. The Morgan fingerprint density at radius 2 is 2.07 bits per heavy atom. The van der Waals surface area contributed by atoms with Crippen LogP contribution < -0.4 is 5.32 Å². The number of carboxylic acid groups (broad SMARTS) is 1. The average Bonchev–Trinajstić information content (AvgIpc) is 2.69. The van der Waals surface area contributed by atoms with Crippen LogP contribution in [0.5, 0.6) is 0 Å². The van der Waals surface area contributed by atoms with Gasteiger partial charge in [0.15, 0.2) is 0 Å². The van der Waals surface area contributed by atoms with Gasteiger partial charge in [0.1, 0.15) is 5.69 Å². The predicted octanol–water partition coefficient (Wildman–Crippen LogP) is 3.32. The van der Waals surface area contributed by atoms with Crippen molar-refractivity contribution < 1.29 is 9.90 Å². The highest BCUT2D eigenvalue weighted by atomic mass is 16.4. The summed E-state index contributed by atoms with van der Waals surface area (Å²) in [4.78, 5) is 10.5. The lowest BCUT2D eigenvalue weighted by Crippen LogP contribution is -2.22. The quantitative estimate of drug-likeness (QED) is 0.799. The molecule has 5 heteroatoms. The minimum Gasteiger partial charge on any atom is -0.480 e. The minimum atomic E-state index is -0.896. The van der Waals surface area contributed by atoms with E-state index in [1.165, 1.54) is 29.5 Å². The second-order valence-corrected chi connectivity index (χ2v) is 6.61. The first-order valence-corrected chi connectivity index (χ1v) is 9.19. The molecule has 2 aromatic rings. The van der Waals surface area contributed by atoms with E-state index in [0.29, 0.717) is 17.9 Å². The SMILES string of the molecule is Cc1c(C#Cc2ccc(CNCC(=O)O)nn2)cccc1C1=CCCCC1. The van der Waals surface area contributed by atoms with Crippen LogP contribution in [-0.2, 0) is 11.3 Å². The number of rotatable bonds is 5. The summed E-state index contributed by atoms with van der Waals surface area (Å²) in [7, 11) is 0. The summed E-state index contributed by atoms with van der Waals surface area (Å²) >= 11 is 0. The molecule has 0 spiro atoms. The lowest BCUT2D eigenvalue weighted by atomic mass is 9.89. The van der Waals surface area contributed by atoms with Gasteiger partial charge < -0.3 is 10.4 Å². The second kappa shape index (κ2) is 9.11. The van der Waals surface area contributed by atoms with Crippen molar-refractivity contribution >= 4 is 11.5 Å². The van der Waals surface area contributed by atoms with Crippen molar-refractivity contribution in [2.75, 3.05) is 6.54 Å². The normalized spacial score (nSPS) is 13.4. The van der Waals surface area contributed by atoms with Crippen molar-refractivity contribution in [1.29, 1.82) is 0 Å². The third kappa shape index (κ3) is 5.25. The Morgan fingerprint density at radius 1 is 1.19 bits per heavy atom. The van der Waals surface area contributed by atoms with E-state index in [1.807, 2.05) is 12.1 Å². The Kier molecular flexibility index (Phi) is 6.35. The molecular weight excluding hydrogens is 338 g/mol. The fraction of sp³-hybridized carbons (Fsp3) is 0.318. The molecule has 0 unspecified atom stereocenters.